The second-order valence-corrected chi connectivity index (χ2v) is 10.2. The maximum Gasteiger partial charge on any atom is 0.317 e. The average molecular weight is 548 g/mol. The molecule has 2 fully saturated rings. The van der Waals surface area contributed by atoms with Crippen LogP contribution in [0.1, 0.15) is 58.6 Å². The highest BCUT2D eigenvalue weighted by molar-refractivity contribution is 6.05. The van der Waals surface area contributed by atoms with Crippen LogP contribution in [-0.2, 0) is 6.54 Å². The van der Waals surface area contributed by atoms with E-state index in [1.807, 2.05) is 11.0 Å². The normalized spacial score (nSPS) is 15.9. The molecule has 9 nitrogen and oxygen atoms in total. The number of carbonyl (C=O) groups excluding carboxylic acids is 3. The lowest BCUT2D eigenvalue weighted by atomic mass is 9.96. The molecule has 1 saturated heterocycles. The molecule has 1 saturated carbocycles. The van der Waals surface area contributed by atoms with Gasteiger partial charge < -0.3 is 30.2 Å². The van der Waals surface area contributed by atoms with E-state index in [1.54, 1.807) is 36.4 Å². The molecule has 3 N–H and O–H groups in total. The lowest BCUT2D eigenvalue weighted by Gasteiger charge is -2.37. The van der Waals surface area contributed by atoms with E-state index in [0.717, 1.165) is 31.2 Å². The Hall–Kier alpha value is -4.34. The number of amides is 4. The zero-order chi connectivity index (χ0) is 27.9. The first-order chi connectivity index (χ1) is 19.5. The number of piperazine rings is 1. The topological polar surface area (TPSA) is 107 Å². The first-order valence-electron chi connectivity index (χ1n) is 13.8. The summed E-state index contributed by atoms with van der Waals surface area (Å²) in [6, 6.07) is 14.5. The zero-order valence-corrected chi connectivity index (χ0v) is 22.3. The van der Waals surface area contributed by atoms with E-state index in [1.165, 1.54) is 24.8 Å². The van der Waals surface area contributed by atoms with Crippen LogP contribution in [0.5, 0.6) is 0 Å². The smallest absolute Gasteiger partial charge is 0.317 e. The molecular formula is C30H34FN5O4. The third kappa shape index (κ3) is 6.80. The van der Waals surface area contributed by atoms with Gasteiger partial charge in [-0.2, -0.15) is 0 Å². The summed E-state index contributed by atoms with van der Waals surface area (Å²) in [6.45, 7) is 2.41. The quantitative estimate of drug-likeness (QED) is 0.395. The van der Waals surface area contributed by atoms with E-state index >= 15 is 0 Å². The summed E-state index contributed by atoms with van der Waals surface area (Å²) in [7, 11) is 0. The van der Waals surface area contributed by atoms with E-state index in [2.05, 4.69) is 20.9 Å². The van der Waals surface area contributed by atoms with Crippen LogP contribution < -0.4 is 20.9 Å². The van der Waals surface area contributed by atoms with Crippen molar-refractivity contribution < 1.29 is 23.2 Å². The van der Waals surface area contributed by atoms with Gasteiger partial charge in [-0.1, -0.05) is 31.4 Å². The molecule has 1 aromatic heterocycles. The SMILES string of the molecule is O=C(Nc1ccc(N2CCN(C(=O)NC3CCCCC3)CC2)c(C(=O)NCc2ccc(F)cc2)c1)c1ccco1. The van der Waals surface area contributed by atoms with Crippen LogP contribution in [0.4, 0.5) is 20.6 Å². The van der Waals surface area contributed by atoms with Crippen molar-refractivity contribution in [1.82, 2.24) is 15.5 Å². The number of carbonyl (C=O) groups is 3. The van der Waals surface area contributed by atoms with Crippen molar-refractivity contribution >= 4 is 29.2 Å². The molecular weight excluding hydrogens is 513 g/mol. The third-order valence-electron chi connectivity index (χ3n) is 7.45. The third-order valence-corrected chi connectivity index (χ3v) is 7.45. The minimum Gasteiger partial charge on any atom is -0.459 e. The monoisotopic (exact) mass is 547 g/mol. The molecule has 0 radical (unpaired) electrons. The molecule has 10 heteroatoms. The number of nitrogens with zero attached hydrogens (tertiary/aromatic N) is 2. The number of rotatable bonds is 7. The summed E-state index contributed by atoms with van der Waals surface area (Å²) >= 11 is 0. The lowest BCUT2D eigenvalue weighted by Crippen LogP contribution is -2.54. The van der Waals surface area contributed by atoms with Crippen molar-refractivity contribution in [2.45, 2.75) is 44.7 Å². The number of anilines is 2. The van der Waals surface area contributed by atoms with Crippen molar-refractivity contribution in [2.75, 3.05) is 36.4 Å². The Balaban J connectivity index is 1.28. The minimum absolute atomic E-state index is 0.0280. The van der Waals surface area contributed by atoms with Crippen molar-refractivity contribution in [3.8, 4) is 0 Å². The average Bonchev–Trinajstić information content (AvgIpc) is 3.53. The molecule has 0 bridgehead atoms. The number of urea groups is 1. The number of benzene rings is 2. The van der Waals surface area contributed by atoms with Gasteiger partial charge in [0.2, 0.25) is 0 Å². The molecule has 0 unspecified atom stereocenters. The minimum atomic E-state index is -0.423. The predicted molar refractivity (Wildman–Crippen MR) is 150 cm³/mol. The van der Waals surface area contributed by atoms with Crippen LogP contribution in [0.2, 0.25) is 0 Å². The van der Waals surface area contributed by atoms with Crippen LogP contribution in [0, 0.1) is 5.82 Å². The van der Waals surface area contributed by atoms with E-state index in [9.17, 15) is 18.8 Å². The molecule has 2 aromatic carbocycles. The first kappa shape index (κ1) is 27.2. The fourth-order valence-corrected chi connectivity index (χ4v) is 5.21. The van der Waals surface area contributed by atoms with Gasteiger partial charge in [0.25, 0.3) is 11.8 Å². The zero-order valence-electron chi connectivity index (χ0n) is 22.3. The van der Waals surface area contributed by atoms with Gasteiger partial charge in [0.15, 0.2) is 5.76 Å². The number of halogens is 1. The molecule has 4 amide bonds. The van der Waals surface area contributed by atoms with Crippen molar-refractivity contribution in [1.29, 1.82) is 0 Å². The standard InChI is InChI=1S/C30H34FN5O4/c31-22-10-8-21(9-11-22)20-32-28(37)25-19-24(33-29(38)27-7-4-18-40-27)12-13-26(25)35-14-16-36(17-15-35)30(39)34-23-5-2-1-3-6-23/h4,7-13,18-19,23H,1-3,5-6,14-17,20H2,(H,32,37)(H,33,38)(H,34,39). The molecule has 5 rings (SSSR count). The summed E-state index contributed by atoms with van der Waals surface area (Å²) in [6.07, 6.45) is 7.03. The van der Waals surface area contributed by atoms with Crippen LogP contribution in [0.25, 0.3) is 0 Å². The molecule has 2 heterocycles. The second kappa shape index (κ2) is 12.7. The Labute approximate surface area is 232 Å². The fourth-order valence-electron chi connectivity index (χ4n) is 5.21. The highest BCUT2D eigenvalue weighted by Crippen LogP contribution is 2.27. The van der Waals surface area contributed by atoms with Crippen LogP contribution in [0.3, 0.4) is 0 Å². The maximum atomic E-state index is 13.4. The Morgan fingerprint density at radius 2 is 1.65 bits per heavy atom. The van der Waals surface area contributed by atoms with E-state index in [0.29, 0.717) is 43.1 Å². The molecule has 0 spiro atoms. The molecule has 40 heavy (non-hydrogen) atoms. The van der Waals surface area contributed by atoms with E-state index in [-0.39, 0.29) is 36.1 Å². The fraction of sp³-hybridized carbons (Fsp3) is 0.367. The molecule has 1 aliphatic heterocycles. The van der Waals surface area contributed by atoms with Crippen molar-refractivity contribution in [2.24, 2.45) is 0 Å². The van der Waals surface area contributed by atoms with Crippen molar-refractivity contribution in [3.05, 3.63) is 83.6 Å². The number of nitrogens with one attached hydrogen (secondary N) is 3. The highest BCUT2D eigenvalue weighted by atomic mass is 19.1. The lowest BCUT2D eigenvalue weighted by molar-refractivity contribution is 0.0949. The summed E-state index contributed by atoms with van der Waals surface area (Å²) in [5.74, 6) is -0.933. The Morgan fingerprint density at radius 1 is 0.900 bits per heavy atom. The van der Waals surface area contributed by atoms with Crippen molar-refractivity contribution in [3.63, 3.8) is 0 Å². The molecule has 0 atom stereocenters. The van der Waals surface area contributed by atoms with E-state index in [4.69, 9.17) is 4.42 Å². The number of hydrogen-bond donors (Lipinski definition) is 3. The largest absolute Gasteiger partial charge is 0.459 e. The van der Waals surface area contributed by atoms with Gasteiger partial charge in [-0.05, 0) is 60.9 Å². The molecule has 3 aromatic rings. The second-order valence-electron chi connectivity index (χ2n) is 10.2. The Kier molecular flexibility index (Phi) is 8.63. The summed E-state index contributed by atoms with van der Waals surface area (Å²) in [5.41, 5.74) is 2.30. The van der Waals surface area contributed by atoms with Gasteiger partial charge in [0, 0.05) is 50.1 Å². The van der Waals surface area contributed by atoms with Crippen LogP contribution in [-0.4, -0.2) is 55.0 Å². The predicted octanol–water partition coefficient (Wildman–Crippen LogP) is 4.77. The van der Waals surface area contributed by atoms with Crippen LogP contribution >= 0.6 is 0 Å². The summed E-state index contributed by atoms with van der Waals surface area (Å²) < 4.78 is 18.5. The van der Waals surface area contributed by atoms with Gasteiger partial charge >= 0.3 is 6.03 Å². The maximum absolute atomic E-state index is 13.4. The molecule has 210 valence electrons. The summed E-state index contributed by atoms with van der Waals surface area (Å²) in [4.78, 5) is 42.7. The van der Waals surface area contributed by atoms with E-state index < -0.39 is 5.91 Å². The molecule has 2 aliphatic rings. The van der Waals surface area contributed by atoms with Gasteiger partial charge in [-0.25, -0.2) is 9.18 Å². The van der Waals surface area contributed by atoms with Gasteiger partial charge in [0.1, 0.15) is 5.82 Å². The Morgan fingerprint density at radius 3 is 2.35 bits per heavy atom. The number of furan rings is 1. The summed E-state index contributed by atoms with van der Waals surface area (Å²) in [5, 5.41) is 8.86. The first-order valence-corrected chi connectivity index (χ1v) is 13.8. The van der Waals surface area contributed by atoms with Crippen LogP contribution in [0.15, 0.2) is 65.3 Å². The Bertz CT molecular complexity index is 1310. The number of hydrogen-bond acceptors (Lipinski definition) is 5. The van der Waals surface area contributed by atoms with Gasteiger partial charge in [-0.15, -0.1) is 0 Å². The highest BCUT2D eigenvalue weighted by Gasteiger charge is 2.26. The molecule has 1 aliphatic carbocycles. The van der Waals surface area contributed by atoms with Gasteiger partial charge in [0.05, 0.1) is 11.8 Å². The van der Waals surface area contributed by atoms with Gasteiger partial charge in [-0.3, -0.25) is 9.59 Å².